The Morgan fingerprint density at radius 1 is 1.00 bits per heavy atom. The Labute approximate surface area is 343 Å². The second-order valence-corrected chi connectivity index (χ2v) is 17.0. The number of methoxy groups -OCH3 is 3. The molecule has 4 amide bonds. The summed E-state index contributed by atoms with van der Waals surface area (Å²) in [6.45, 7) is 15.7. The van der Waals surface area contributed by atoms with Crippen LogP contribution in [0.2, 0.25) is 0 Å². The molecular formula is C41H69BrN6O8. The number of carbonyl (C=O) groups excluding carboxylic acids is 4. The summed E-state index contributed by atoms with van der Waals surface area (Å²) >= 11 is 3.45. The van der Waals surface area contributed by atoms with E-state index in [0.29, 0.717) is 30.7 Å². The zero-order valence-electron chi connectivity index (χ0n) is 36.1. The number of likely N-dealkylation sites (tertiary alicyclic amines) is 1. The van der Waals surface area contributed by atoms with Crippen molar-refractivity contribution in [1.82, 2.24) is 25.3 Å². The number of rotatable bonds is 21. The predicted octanol–water partition coefficient (Wildman–Crippen LogP) is 4.32. The van der Waals surface area contributed by atoms with Crippen LogP contribution in [0.3, 0.4) is 0 Å². The van der Waals surface area contributed by atoms with Gasteiger partial charge in [-0.3, -0.25) is 24.1 Å². The van der Waals surface area contributed by atoms with E-state index in [0.717, 1.165) is 10.0 Å². The van der Waals surface area contributed by atoms with Gasteiger partial charge in [0.2, 0.25) is 23.6 Å². The Morgan fingerprint density at radius 3 is 2.14 bits per heavy atom. The summed E-state index contributed by atoms with van der Waals surface area (Å²) in [5.74, 6) is -1.93. The first-order valence-corrected chi connectivity index (χ1v) is 20.4. The number of nitrogens with one attached hydrogen (secondary N) is 2. The summed E-state index contributed by atoms with van der Waals surface area (Å²) in [6, 6.07) is 3.41. The normalized spacial score (nSPS) is 20.0. The Balaban J connectivity index is 2.34. The molecule has 0 unspecified atom stereocenters. The van der Waals surface area contributed by atoms with Gasteiger partial charge < -0.3 is 39.9 Å². The first-order chi connectivity index (χ1) is 26.3. The number of hydrogen-bond acceptors (Lipinski definition) is 10. The van der Waals surface area contributed by atoms with E-state index < -0.39 is 42.3 Å². The Bertz CT molecular complexity index is 1480. The molecule has 0 aliphatic carbocycles. The molecule has 1 aliphatic rings. The van der Waals surface area contributed by atoms with E-state index in [1.54, 1.807) is 38.0 Å². The van der Waals surface area contributed by atoms with Crippen LogP contribution < -0.4 is 10.6 Å². The molecular weight excluding hydrogens is 784 g/mol. The van der Waals surface area contributed by atoms with Crippen LogP contribution in [-0.4, -0.2) is 147 Å². The lowest BCUT2D eigenvalue weighted by Gasteiger charge is -2.41. The summed E-state index contributed by atoms with van der Waals surface area (Å²) in [4.78, 5) is 61.0. The van der Waals surface area contributed by atoms with Crippen LogP contribution in [0.1, 0.15) is 78.9 Å². The predicted molar refractivity (Wildman–Crippen MR) is 222 cm³/mol. The quantitative estimate of drug-likeness (QED) is 0.0930. The minimum atomic E-state index is -0.785. The third-order valence-corrected chi connectivity index (χ3v) is 11.8. The van der Waals surface area contributed by atoms with Gasteiger partial charge in [-0.25, -0.2) is 0 Å². The minimum absolute atomic E-state index is 0.0184. The fourth-order valence-electron chi connectivity index (χ4n) is 7.98. The van der Waals surface area contributed by atoms with Gasteiger partial charge in [-0.05, 0) is 62.9 Å². The van der Waals surface area contributed by atoms with Gasteiger partial charge in [-0.1, -0.05) is 82.0 Å². The monoisotopic (exact) mass is 852 g/mol. The number of oxime groups is 1. The van der Waals surface area contributed by atoms with Crippen LogP contribution in [0, 0.1) is 30.6 Å². The van der Waals surface area contributed by atoms with Gasteiger partial charge in [0.05, 0.1) is 55.3 Å². The highest BCUT2D eigenvalue weighted by atomic mass is 79.9. The first kappa shape index (κ1) is 49.0. The molecule has 0 bridgehead atoms. The van der Waals surface area contributed by atoms with E-state index in [9.17, 15) is 24.4 Å². The molecule has 0 aromatic heterocycles. The van der Waals surface area contributed by atoms with Gasteiger partial charge in [-0.2, -0.15) is 0 Å². The molecule has 1 fully saturated rings. The van der Waals surface area contributed by atoms with E-state index >= 15 is 0 Å². The molecule has 9 atom stereocenters. The van der Waals surface area contributed by atoms with E-state index in [-0.39, 0.29) is 60.5 Å². The van der Waals surface area contributed by atoms with Crippen molar-refractivity contribution in [2.45, 2.75) is 117 Å². The zero-order chi connectivity index (χ0) is 42.6. The number of aryl methyl sites for hydroxylation is 1. The molecule has 0 spiro atoms. The zero-order valence-corrected chi connectivity index (χ0v) is 37.7. The second kappa shape index (κ2) is 22.7. The van der Waals surface area contributed by atoms with E-state index in [1.165, 1.54) is 7.11 Å². The Hall–Kier alpha value is -3.11. The smallest absolute Gasteiger partial charge is 0.245 e. The maximum Gasteiger partial charge on any atom is 0.245 e. The number of nitrogens with zero attached hydrogens (tertiary/aromatic N) is 4. The summed E-state index contributed by atoms with van der Waals surface area (Å²) in [5.41, 5.74) is 1.88. The number of carbonyl (C=O) groups is 4. The van der Waals surface area contributed by atoms with Crippen LogP contribution in [-0.2, 0) is 33.4 Å². The third-order valence-electron chi connectivity index (χ3n) is 11.3. The van der Waals surface area contributed by atoms with Gasteiger partial charge >= 0.3 is 0 Å². The molecule has 318 valence electrons. The third kappa shape index (κ3) is 12.4. The highest BCUT2D eigenvalue weighted by molar-refractivity contribution is 9.10. The maximum atomic E-state index is 14.4. The molecule has 56 heavy (non-hydrogen) atoms. The molecule has 1 saturated heterocycles. The lowest BCUT2D eigenvalue weighted by atomic mass is 9.89. The summed E-state index contributed by atoms with van der Waals surface area (Å²) in [5, 5.41) is 19.2. The van der Waals surface area contributed by atoms with Gasteiger partial charge in [0.25, 0.3) is 0 Å². The number of ether oxygens (including phenoxy) is 3. The number of halogens is 1. The lowest BCUT2D eigenvalue weighted by Crippen LogP contribution is -2.59. The highest BCUT2D eigenvalue weighted by Crippen LogP contribution is 2.31. The van der Waals surface area contributed by atoms with Gasteiger partial charge in [-0.15, -0.1) is 0 Å². The van der Waals surface area contributed by atoms with Gasteiger partial charge in [0.1, 0.15) is 11.8 Å². The molecule has 3 N–H and O–H groups in total. The topological polar surface area (TPSA) is 162 Å². The Kier molecular flexibility index (Phi) is 19.9. The molecule has 1 heterocycles. The van der Waals surface area contributed by atoms with Crippen molar-refractivity contribution >= 4 is 45.3 Å². The average molecular weight is 854 g/mol. The van der Waals surface area contributed by atoms with E-state index in [2.05, 4.69) is 31.7 Å². The Morgan fingerprint density at radius 2 is 1.64 bits per heavy atom. The molecule has 0 saturated carbocycles. The van der Waals surface area contributed by atoms with Crippen LogP contribution in [0.5, 0.6) is 0 Å². The summed E-state index contributed by atoms with van der Waals surface area (Å²) in [7, 11) is 10.1. The molecule has 14 nitrogen and oxygen atoms in total. The number of likely N-dealkylation sites (N-methyl/N-ethyl adjacent to an activating group) is 2. The number of benzene rings is 1. The molecule has 1 aromatic carbocycles. The molecule has 2 rings (SSSR count). The largest absolute Gasteiger partial charge is 0.411 e. The van der Waals surface area contributed by atoms with Gasteiger partial charge in [0.15, 0.2) is 0 Å². The van der Waals surface area contributed by atoms with Crippen molar-refractivity contribution in [2.24, 2.45) is 28.8 Å². The van der Waals surface area contributed by atoms with Crippen molar-refractivity contribution in [3.8, 4) is 0 Å². The van der Waals surface area contributed by atoms with Gasteiger partial charge in [0, 0.05) is 45.0 Å². The molecule has 1 aromatic rings. The summed E-state index contributed by atoms with van der Waals surface area (Å²) < 4.78 is 18.5. The SMILES string of the molecule is CC[C@H](C)[C@@H]([C@H](CC(=O)N1C[C@H](OC)C[C@@H]1[C@H](OC)[C@@H](C)C(=O)NCC(=NO)c1cc(Br)ccc1C)OC)N(C)C(=O)[C@@H](NC(=O)[C@H](C(C)C)N(C)C)C(C)C. The van der Waals surface area contributed by atoms with Crippen LogP contribution in [0.15, 0.2) is 27.8 Å². The van der Waals surface area contributed by atoms with E-state index in [4.69, 9.17) is 14.2 Å². The first-order valence-electron chi connectivity index (χ1n) is 19.7. The van der Waals surface area contributed by atoms with Crippen LogP contribution in [0.4, 0.5) is 0 Å². The summed E-state index contributed by atoms with van der Waals surface area (Å²) in [6.07, 6.45) is -0.530. The lowest BCUT2D eigenvalue weighted by molar-refractivity contribution is -0.148. The van der Waals surface area contributed by atoms with Crippen molar-refractivity contribution in [3.63, 3.8) is 0 Å². The molecule has 15 heteroatoms. The van der Waals surface area contributed by atoms with Crippen molar-refractivity contribution in [3.05, 3.63) is 33.8 Å². The minimum Gasteiger partial charge on any atom is -0.411 e. The second-order valence-electron chi connectivity index (χ2n) is 16.1. The molecule has 1 aliphatic heterocycles. The van der Waals surface area contributed by atoms with Crippen molar-refractivity contribution in [2.75, 3.05) is 55.6 Å². The highest BCUT2D eigenvalue weighted by Gasteiger charge is 2.45. The van der Waals surface area contributed by atoms with Crippen molar-refractivity contribution in [1.29, 1.82) is 0 Å². The van der Waals surface area contributed by atoms with E-state index in [1.807, 2.05) is 85.7 Å². The fourth-order valence-corrected chi connectivity index (χ4v) is 8.34. The van der Waals surface area contributed by atoms with Crippen LogP contribution in [0.25, 0.3) is 0 Å². The standard InChI is InChI=1S/C41H69BrN6O8/c1-15-25(6)37(47(11)41(52)35(23(2)3)44-40(51)36(24(4)5)46(9)10)33(55-13)20-34(49)48-22-29(54-12)19-32(48)38(56-14)27(8)39(50)43-21-31(45-53)30-18-28(42)17-16-26(30)7/h16-18,23-25,27,29,32-33,35-38,53H,15,19-22H2,1-14H3,(H,43,50)(H,44,51)/t25-,27+,29+,32+,33-,35-,36-,37-,38+/m0/s1. The maximum absolute atomic E-state index is 14.4. The fraction of sp³-hybridized carbons (Fsp3) is 0.732. The average Bonchev–Trinajstić information content (AvgIpc) is 3.58. The van der Waals surface area contributed by atoms with Crippen LogP contribution >= 0.6 is 15.9 Å². The number of hydrogen-bond donors (Lipinski definition) is 3. The molecule has 0 radical (unpaired) electrons. The number of amides is 4. The van der Waals surface area contributed by atoms with Crippen molar-refractivity contribution < 1.29 is 38.6 Å².